The van der Waals surface area contributed by atoms with E-state index in [1.54, 1.807) is 6.92 Å². The lowest BCUT2D eigenvalue weighted by molar-refractivity contribution is -0.127. The third kappa shape index (κ3) is 6.28. The van der Waals surface area contributed by atoms with Crippen molar-refractivity contribution in [3.05, 3.63) is 11.7 Å². The van der Waals surface area contributed by atoms with Crippen LogP contribution in [0.5, 0.6) is 0 Å². The van der Waals surface area contributed by atoms with Crippen LogP contribution in [-0.2, 0) is 9.59 Å². The summed E-state index contributed by atoms with van der Waals surface area (Å²) in [5, 5.41) is 9.36. The standard InChI is InChI=1S/C16H27N5O3.ClH/c1-9(2)14(17)15(23)18-8-13(22)20-12-6-4-11(5-7-12)16-19-10(3)21-24-16;/h9,11-12,14H,4-8,17H2,1-3H3,(H,18,23)(H,20,22);1H/t11?,12?,14-;/m0./s1. The number of aryl methyl sites for hydroxylation is 1. The van der Waals surface area contributed by atoms with E-state index in [1.807, 2.05) is 13.8 Å². The zero-order chi connectivity index (χ0) is 17.7. The van der Waals surface area contributed by atoms with Gasteiger partial charge in [-0.15, -0.1) is 12.4 Å². The first-order valence-corrected chi connectivity index (χ1v) is 8.49. The lowest BCUT2D eigenvalue weighted by Crippen LogP contribution is -2.48. The molecule has 1 heterocycles. The van der Waals surface area contributed by atoms with Gasteiger partial charge >= 0.3 is 0 Å². The Hall–Kier alpha value is -1.67. The Morgan fingerprint density at radius 3 is 2.44 bits per heavy atom. The van der Waals surface area contributed by atoms with Crippen LogP contribution in [0.2, 0.25) is 0 Å². The topological polar surface area (TPSA) is 123 Å². The molecule has 1 fully saturated rings. The van der Waals surface area contributed by atoms with E-state index in [0.29, 0.717) is 11.7 Å². The number of hydrogen-bond acceptors (Lipinski definition) is 6. The molecule has 1 atom stereocenters. The molecule has 25 heavy (non-hydrogen) atoms. The summed E-state index contributed by atoms with van der Waals surface area (Å²) in [4.78, 5) is 28.0. The first-order chi connectivity index (χ1) is 11.4. The van der Waals surface area contributed by atoms with Gasteiger partial charge in [-0.1, -0.05) is 19.0 Å². The molecule has 2 amide bonds. The zero-order valence-corrected chi connectivity index (χ0v) is 15.8. The molecule has 1 aliphatic carbocycles. The summed E-state index contributed by atoms with van der Waals surface area (Å²) in [5.74, 6) is 1.16. The predicted octanol–water partition coefficient (Wildman–Crippen LogP) is 1.04. The number of nitrogens with two attached hydrogens (primary N) is 1. The second kappa shape index (κ2) is 9.72. The summed E-state index contributed by atoms with van der Waals surface area (Å²) in [7, 11) is 0. The van der Waals surface area contributed by atoms with E-state index in [1.165, 1.54) is 0 Å². The van der Waals surface area contributed by atoms with Crippen molar-refractivity contribution in [3.63, 3.8) is 0 Å². The van der Waals surface area contributed by atoms with Gasteiger partial charge in [0.25, 0.3) is 0 Å². The Morgan fingerprint density at radius 1 is 1.28 bits per heavy atom. The van der Waals surface area contributed by atoms with E-state index in [0.717, 1.165) is 25.7 Å². The number of halogens is 1. The summed E-state index contributed by atoms with van der Waals surface area (Å²) in [6, 6.07) is -0.473. The highest BCUT2D eigenvalue weighted by atomic mass is 35.5. The van der Waals surface area contributed by atoms with Gasteiger partial charge in [0.1, 0.15) is 0 Å². The summed E-state index contributed by atoms with van der Waals surface area (Å²) in [5.41, 5.74) is 5.74. The van der Waals surface area contributed by atoms with Gasteiger partial charge in [0.2, 0.25) is 17.7 Å². The van der Waals surface area contributed by atoms with E-state index in [2.05, 4.69) is 20.8 Å². The van der Waals surface area contributed by atoms with Crippen molar-refractivity contribution in [1.82, 2.24) is 20.8 Å². The number of rotatable bonds is 6. The van der Waals surface area contributed by atoms with Crippen molar-refractivity contribution in [2.24, 2.45) is 11.7 Å². The molecule has 0 bridgehead atoms. The van der Waals surface area contributed by atoms with Crippen molar-refractivity contribution in [2.75, 3.05) is 6.54 Å². The Balaban J connectivity index is 0.00000312. The predicted molar refractivity (Wildman–Crippen MR) is 95.2 cm³/mol. The molecular weight excluding hydrogens is 346 g/mol. The first kappa shape index (κ1) is 21.4. The average Bonchev–Trinajstić information content (AvgIpc) is 2.99. The van der Waals surface area contributed by atoms with Crippen LogP contribution in [0.25, 0.3) is 0 Å². The van der Waals surface area contributed by atoms with Crippen LogP contribution < -0.4 is 16.4 Å². The minimum atomic E-state index is -0.592. The molecule has 142 valence electrons. The summed E-state index contributed by atoms with van der Waals surface area (Å²) >= 11 is 0. The molecule has 1 aliphatic rings. The van der Waals surface area contributed by atoms with Crippen molar-refractivity contribution in [1.29, 1.82) is 0 Å². The van der Waals surface area contributed by atoms with Crippen LogP contribution >= 0.6 is 12.4 Å². The van der Waals surface area contributed by atoms with Crippen LogP contribution in [0.3, 0.4) is 0 Å². The van der Waals surface area contributed by atoms with E-state index in [9.17, 15) is 9.59 Å². The SMILES string of the molecule is Cc1noc(C2CCC(NC(=O)CNC(=O)[C@@H](N)C(C)C)CC2)n1.Cl. The molecule has 0 spiro atoms. The second-order valence-electron chi connectivity index (χ2n) is 6.78. The minimum absolute atomic E-state index is 0. The molecule has 8 nitrogen and oxygen atoms in total. The number of amides is 2. The van der Waals surface area contributed by atoms with Crippen LogP contribution in [0.15, 0.2) is 4.52 Å². The summed E-state index contributed by atoms with van der Waals surface area (Å²) < 4.78 is 5.22. The Kier molecular flexibility index (Phi) is 8.31. The molecule has 0 radical (unpaired) electrons. The van der Waals surface area contributed by atoms with Crippen LogP contribution in [0.1, 0.15) is 57.2 Å². The van der Waals surface area contributed by atoms with Gasteiger partial charge in [0.05, 0.1) is 12.6 Å². The number of nitrogens with zero attached hydrogens (tertiary/aromatic N) is 2. The van der Waals surface area contributed by atoms with Crippen molar-refractivity contribution in [2.45, 2.75) is 64.5 Å². The maximum Gasteiger partial charge on any atom is 0.239 e. The number of nitrogens with one attached hydrogen (secondary N) is 2. The van der Waals surface area contributed by atoms with Gasteiger partial charge < -0.3 is 20.9 Å². The molecule has 9 heteroatoms. The van der Waals surface area contributed by atoms with Crippen LogP contribution in [0.4, 0.5) is 0 Å². The van der Waals surface area contributed by atoms with Gasteiger partial charge in [-0.2, -0.15) is 4.98 Å². The highest BCUT2D eigenvalue weighted by molar-refractivity contribution is 5.87. The Morgan fingerprint density at radius 2 is 1.92 bits per heavy atom. The molecule has 0 aromatic carbocycles. The number of carbonyl (C=O) groups is 2. The number of carbonyl (C=O) groups excluding carboxylic acids is 2. The number of aromatic nitrogens is 2. The van der Waals surface area contributed by atoms with Crippen molar-refractivity contribution >= 4 is 24.2 Å². The van der Waals surface area contributed by atoms with Crippen molar-refractivity contribution < 1.29 is 14.1 Å². The lowest BCUT2D eigenvalue weighted by atomic mass is 9.86. The molecule has 2 rings (SSSR count). The third-order valence-electron chi connectivity index (χ3n) is 4.43. The third-order valence-corrected chi connectivity index (χ3v) is 4.43. The fourth-order valence-electron chi connectivity index (χ4n) is 2.83. The maximum absolute atomic E-state index is 12.0. The van der Waals surface area contributed by atoms with Gasteiger partial charge in [-0.05, 0) is 38.5 Å². The maximum atomic E-state index is 12.0. The molecule has 4 N–H and O–H groups in total. The highest BCUT2D eigenvalue weighted by Gasteiger charge is 2.27. The van der Waals surface area contributed by atoms with E-state index >= 15 is 0 Å². The molecule has 0 saturated heterocycles. The first-order valence-electron chi connectivity index (χ1n) is 8.49. The van der Waals surface area contributed by atoms with Gasteiger partial charge in [-0.3, -0.25) is 9.59 Å². The minimum Gasteiger partial charge on any atom is -0.352 e. The highest BCUT2D eigenvalue weighted by Crippen LogP contribution is 2.31. The van der Waals surface area contributed by atoms with Crippen molar-refractivity contribution in [3.8, 4) is 0 Å². The van der Waals surface area contributed by atoms with E-state index < -0.39 is 6.04 Å². The molecule has 0 unspecified atom stereocenters. The van der Waals surface area contributed by atoms with Gasteiger partial charge in [0, 0.05) is 12.0 Å². The van der Waals surface area contributed by atoms with Gasteiger partial charge in [-0.25, -0.2) is 0 Å². The average molecular weight is 374 g/mol. The molecular formula is C16H28ClN5O3. The fourth-order valence-corrected chi connectivity index (χ4v) is 2.83. The lowest BCUT2D eigenvalue weighted by Gasteiger charge is -2.27. The molecule has 1 saturated carbocycles. The quantitative estimate of drug-likeness (QED) is 0.684. The van der Waals surface area contributed by atoms with Gasteiger partial charge in [0.15, 0.2) is 5.82 Å². The summed E-state index contributed by atoms with van der Waals surface area (Å²) in [6.45, 7) is 5.50. The smallest absolute Gasteiger partial charge is 0.239 e. The normalized spacial score (nSPS) is 21.3. The second-order valence-corrected chi connectivity index (χ2v) is 6.78. The Bertz CT molecular complexity index is 570. The largest absolute Gasteiger partial charge is 0.352 e. The summed E-state index contributed by atoms with van der Waals surface area (Å²) in [6.07, 6.45) is 3.52. The molecule has 1 aromatic heterocycles. The molecule has 0 aliphatic heterocycles. The number of hydrogen-bond donors (Lipinski definition) is 3. The van der Waals surface area contributed by atoms with Crippen LogP contribution in [-0.4, -0.2) is 40.6 Å². The Labute approximate surface area is 154 Å². The zero-order valence-electron chi connectivity index (χ0n) is 14.9. The van der Waals surface area contributed by atoms with E-state index in [-0.39, 0.29) is 48.6 Å². The fraction of sp³-hybridized carbons (Fsp3) is 0.750. The van der Waals surface area contributed by atoms with Crippen LogP contribution in [0, 0.1) is 12.8 Å². The molecule has 1 aromatic rings. The van der Waals surface area contributed by atoms with E-state index in [4.69, 9.17) is 10.3 Å². The monoisotopic (exact) mass is 373 g/mol.